The van der Waals surface area contributed by atoms with E-state index in [4.69, 9.17) is 21.1 Å². The van der Waals surface area contributed by atoms with Gasteiger partial charge >= 0.3 is 0 Å². The highest BCUT2D eigenvalue weighted by molar-refractivity contribution is 6.32. The number of halogens is 1. The van der Waals surface area contributed by atoms with Gasteiger partial charge in [-0.2, -0.15) is 0 Å². The highest BCUT2D eigenvalue weighted by Crippen LogP contribution is 2.37. The van der Waals surface area contributed by atoms with Gasteiger partial charge in [-0.05, 0) is 37.2 Å². The summed E-state index contributed by atoms with van der Waals surface area (Å²) in [6.45, 7) is 4.23. The molecule has 0 aliphatic carbocycles. The fourth-order valence-electron chi connectivity index (χ4n) is 5.32. The third-order valence-corrected chi connectivity index (χ3v) is 7.47. The van der Waals surface area contributed by atoms with Crippen LogP contribution in [-0.4, -0.2) is 53.1 Å². The second kappa shape index (κ2) is 10.1. The third kappa shape index (κ3) is 4.54. The molecule has 3 aliphatic heterocycles. The largest absolute Gasteiger partial charge is 0.492 e. The lowest BCUT2D eigenvalue weighted by Gasteiger charge is -2.29. The van der Waals surface area contributed by atoms with Gasteiger partial charge in [0.15, 0.2) is 5.82 Å². The molecule has 2 aromatic carbocycles. The molecule has 1 fully saturated rings. The highest BCUT2D eigenvalue weighted by atomic mass is 35.5. The summed E-state index contributed by atoms with van der Waals surface area (Å²) in [4.78, 5) is 13.1. The zero-order chi connectivity index (χ0) is 24.5. The van der Waals surface area contributed by atoms with Crippen molar-refractivity contribution in [3.8, 4) is 5.75 Å². The van der Waals surface area contributed by atoms with E-state index in [0.29, 0.717) is 42.5 Å². The Morgan fingerprint density at radius 3 is 3.03 bits per heavy atom. The summed E-state index contributed by atoms with van der Waals surface area (Å²) in [5, 5.41) is 19.5. The van der Waals surface area contributed by atoms with E-state index >= 15 is 0 Å². The molecule has 4 heterocycles. The Balaban J connectivity index is 1.14. The predicted octanol–water partition coefficient (Wildman–Crippen LogP) is 3.27. The molecule has 1 amide bonds. The monoisotopic (exact) mass is 508 g/mol. The maximum absolute atomic E-state index is 13.1. The average molecular weight is 509 g/mol. The first-order valence-corrected chi connectivity index (χ1v) is 12.9. The van der Waals surface area contributed by atoms with E-state index < -0.39 is 0 Å². The molecule has 6 rings (SSSR count). The lowest BCUT2D eigenvalue weighted by molar-refractivity contribution is 0.0273. The van der Waals surface area contributed by atoms with Gasteiger partial charge in [0.05, 0.1) is 36.9 Å². The molecule has 0 saturated carbocycles. The van der Waals surface area contributed by atoms with Crippen LogP contribution < -0.4 is 20.7 Å². The number of anilines is 1. The molecule has 10 heteroatoms. The fourth-order valence-corrected chi connectivity index (χ4v) is 5.56. The molecular formula is C26H29ClN6O3. The average Bonchev–Trinajstić information content (AvgIpc) is 3.21. The van der Waals surface area contributed by atoms with Gasteiger partial charge < -0.3 is 30.0 Å². The number of hydrogen-bond acceptors (Lipinski definition) is 7. The third-order valence-electron chi connectivity index (χ3n) is 7.17. The van der Waals surface area contributed by atoms with Crippen LogP contribution in [-0.2, 0) is 17.8 Å². The van der Waals surface area contributed by atoms with E-state index in [2.05, 4.69) is 30.7 Å². The van der Waals surface area contributed by atoms with Crippen molar-refractivity contribution in [1.29, 1.82) is 0 Å². The number of para-hydroxylation sites is 1. The van der Waals surface area contributed by atoms with E-state index in [1.54, 1.807) is 6.07 Å². The van der Waals surface area contributed by atoms with Gasteiger partial charge in [-0.1, -0.05) is 29.8 Å². The van der Waals surface area contributed by atoms with Crippen molar-refractivity contribution < 1.29 is 14.3 Å². The maximum atomic E-state index is 13.1. The van der Waals surface area contributed by atoms with Gasteiger partial charge in [0.2, 0.25) is 0 Å². The molecule has 0 bridgehead atoms. The minimum absolute atomic E-state index is 0.137. The number of amides is 1. The molecule has 0 spiro atoms. The predicted molar refractivity (Wildman–Crippen MR) is 136 cm³/mol. The van der Waals surface area contributed by atoms with Crippen molar-refractivity contribution in [3.05, 3.63) is 70.3 Å². The molecule has 3 aliphatic rings. The zero-order valence-corrected chi connectivity index (χ0v) is 20.6. The quantitative estimate of drug-likeness (QED) is 0.486. The van der Waals surface area contributed by atoms with Crippen LogP contribution in [0.2, 0.25) is 5.02 Å². The maximum Gasteiger partial charge on any atom is 0.251 e. The summed E-state index contributed by atoms with van der Waals surface area (Å²) in [5.41, 5.74) is 2.34. The number of fused-ring (bicyclic) bond motifs is 4. The Labute approximate surface area is 214 Å². The number of nitrogens with zero attached hydrogens (tertiary/aromatic N) is 3. The Morgan fingerprint density at radius 1 is 1.17 bits per heavy atom. The van der Waals surface area contributed by atoms with Gasteiger partial charge in [0.25, 0.3) is 5.91 Å². The molecule has 2 unspecified atom stereocenters. The molecule has 3 atom stereocenters. The van der Waals surface area contributed by atoms with Crippen LogP contribution in [0.3, 0.4) is 0 Å². The van der Waals surface area contributed by atoms with Gasteiger partial charge in [0.1, 0.15) is 11.6 Å². The summed E-state index contributed by atoms with van der Waals surface area (Å²) in [6, 6.07) is 13.0. The molecule has 1 saturated heterocycles. The minimum Gasteiger partial charge on any atom is -0.492 e. The van der Waals surface area contributed by atoms with E-state index in [1.807, 2.05) is 36.4 Å². The van der Waals surface area contributed by atoms with Crippen LogP contribution in [0.25, 0.3) is 0 Å². The topological polar surface area (TPSA) is 102 Å². The number of rotatable bonds is 5. The standard InChI is InChI=1S/C26H29ClN6O3/c27-20-6-2-5-18-21(8-11-36-24(18)20)30-26(34)16-3-1-4-17(13-16)29-15-23-31-32-25-19-7-9-28-14-22(19)35-12-10-33(23)25/h1-6,13,19,21-22,28-29H,7-12,14-15H2,(H,30,34)/t19?,21-,22?/m0/s1. The molecular weight excluding hydrogens is 480 g/mol. The SMILES string of the molecule is O=C(N[C@H]1CCOc2c(Cl)cccc21)c1cccc(NCc2nnc3n2CCOC2CNCCC32)c1. The van der Waals surface area contributed by atoms with Crippen LogP contribution in [0, 0.1) is 0 Å². The van der Waals surface area contributed by atoms with Crippen LogP contribution in [0.15, 0.2) is 42.5 Å². The number of carbonyl (C=O) groups is 1. The van der Waals surface area contributed by atoms with Gasteiger partial charge in [-0.25, -0.2) is 0 Å². The molecule has 0 radical (unpaired) electrons. The summed E-state index contributed by atoms with van der Waals surface area (Å²) in [6.07, 6.45) is 1.84. The molecule has 9 nitrogen and oxygen atoms in total. The Kier molecular flexibility index (Phi) is 6.52. The first-order valence-electron chi connectivity index (χ1n) is 12.5. The van der Waals surface area contributed by atoms with Crippen molar-refractivity contribution >= 4 is 23.2 Å². The number of benzene rings is 2. The van der Waals surface area contributed by atoms with E-state index in [-0.39, 0.29) is 24.0 Å². The number of carbonyl (C=O) groups excluding carboxylic acids is 1. The van der Waals surface area contributed by atoms with Crippen molar-refractivity contribution in [2.75, 3.05) is 31.6 Å². The lowest BCUT2D eigenvalue weighted by Crippen LogP contribution is -2.40. The molecule has 3 aromatic rings. The van der Waals surface area contributed by atoms with Gasteiger partial charge in [-0.3, -0.25) is 4.79 Å². The molecule has 1 aromatic heterocycles. The summed E-state index contributed by atoms with van der Waals surface area (Å²) in [5.74, 6) is 2.67. The van der Waals surface area contributed by atoms with E-state index in [1.165, 1.54) is 0 Å². The smallest absolute Gasteiger partial charge is 0.251 e. The highest BCUT2D eigenvalue weighted by Gasteiger charge is 2.34. The van der Waals surface area contributed by atoms with Crippen LogP contribution >= 0.6 is 11.6 Å². The normalized spacial score (nSPS) is 22.9. The number of aromatic nitrogens is 3. The van der Waals surface area contributed by atoms with Crippen LogP contribution in [0.4, 0.5) is 5.69 Å². The van der Waals surface area contributed by atoms with Crippen LogP contribution in [0.1, 0.15) is 52.4 Å². The second-order valence-corrected chi connectivity index (χ2v) is 9.80. The number of nitrogens with one attached hydrogen (secondary N) is 3. The van der Waals surface area contributed by atoms with Gasteiger partial charge in [0, 0.05) is 42.2 Å². The summed E-state index contributed by atoms with van der Waals surface area (Å²) >= 11 is 6.28. The number of hydrogen-bond donors (Lipinski definition) is 3. The van der Waals surface area contributed by atoms with Gasteiger partial charge in [-0.15, -0.1) is 10.2 Å². The fraction of sp³-hybridized carbons (Fsp3) is 0.423. The van der Waals surface area contributed by atoms with E-state index in [0.717, 1.165) is 49.0 Å². The zero-order valence-electron chi connectivity index (χ0n) is 19.9. The Bertz CT molecular complexity index is 1260. The van der Waals surface area contributed by atoms with Crippen molar-refractivity contribution in [1.82, 2.24) is 25.4 Å². The van der Waals surface area contributed by atoms with E-state index in [9.17, 15) is 4.79 Å². The van der Waals surface area contributed by atoms with Crippen molar-refractivity contribution in [2.24, 2.45) is 0 Å². The Hall–Kier alpha value is -3.14. The Morgan fingerprint density at radius 2 is 2.08 bits per heavy atom. The first-order chi connectivity index (χ1) is 17.7. The van der Waals surface area contributed by atoms with Crippen LogP contribution in [0.5, 0.6) is 5.75 Å². The molecule has 188 valence electrons. The summed E-state index contributed by atoms with van der Waals surface area (Å²) in [7, 11) is 0. The first kappa shape index (κ1) is 23.3. The molecule has 3 N–H and O–H groups in total. The second-order valence-electron chi connectivity index (χ2n) is 9.39. The lowest BCUT2D eigenvalue weighted by atomic mass is 9.94. The number of piperidine rings is 1. The molecule has 36 heavy (non-hydrogen) atoms. The van der Waals surface area contributed by atoms with Crippen molar-refractivity contribution in [3.63, 3.8) is 0 Å². The van der Waals surface area contributed by atoms with Crippen molar-refractivity contribution in [2.45, 2.75) is 44.0 Å². The number of ether oxygens (including phenoxy) is 2. The summed E-state index contributed by atoms with van der Waals surface area (Å²) < 4.78 is 14.0. The minimum atomic E-state index is -0.149.